The minimum Gasteiger partial charge on any atom is -0.481 e. The second-order valence-electron chi connectivity index (χ2n) is 18.6. The first-order valence-electron chi connectivity index (χ1n) is 20.7. The van der Waals surface area contributed by atoms with Crippen LogP contribution in [0.2, 0.25) is 0 Å². The Morgan fingerprint density at radius 2 is 1.53 bits per heavy atom. The molecule has 7 aliphatic carbocycles. The fourth-order valence-electron chi connectivity index (χ4n) is 12.9. The first kappa shape index (κ1) is 33.0. The molecule has 2 unspecified atom stereocenters. The van der Waals surface area contributed by atoms with Crippen LogP contribution in [-0.4, -0.2) is 41.2 Å². The average molecular weight is 720 g/mol. The Morgan fingerprint density at radius 3 is 2.28 bits per heavy atom. The fourth-order valence-corrected chi connectivity index (χ4v) is 12.9. The normalized spacial score (nSPS) is 38.1. The highest BCUT2D eigenvalue weighted by Gasteiger charge is 2.72. The molecule has 1 spiro atoms. The third-order valence-electron chi connectivity index (χ3n) is 15.8. The zero-order chi connectivity index (χ0) is 35.9. The molecule has 0 saturated heterocycles. The summed E-state index contributed by atoms with van der Waals surface area (Å²) in [5, 5.41) is 12.6. The number of hydrogen-bond acceptors (Lipinski definition) is 8. The summed E-state index contributed by atoms with van der Waals surface area (Å²) < 4.78 is 25.8. The summed E-state index contributed by atoms with van der Waals surface area (Å²) in [6, 6.07) is 7.89. The van der Waals surface area contributed by atoms with Crippen LogP contribution in [-0.2, 0) is 28.5 Å². The maximum absolute atomic E-state index is 13.9. The van der Waals surface area contributed by atoms with E-state index >= 15 is 0 Å². The molecule has 2 aromatic carbocycles. The lowest BCUT2D eigenvalue weighted by Crippen LogP contribution is -2.70. The lowest BCUT2D eigenvalue weighted by Gasteiger charge is -2.62. The molecular formula is C45H53NO7. The molecule has 8 heteroatoms. The molecule has 2 heterocycles. The van der Waals surface area contributed by atoms with E-state index in [4.69, 9.17) is 23.8 Å². The maximum Gasteiger partial charge on any atom is 0.519 e. The van der Waals surface area contributed by atoms with E-state index in [1.165, 1.54) is 43.2 Å². The number of hydroxylamine groups is 1. The summed E-state index contributed by atoms with van der Waals surface area (Å²) in [7, 11) is 0. The van der Waals surface area contributed by atoms with Crippen LogP contribution in [0.5, 0.6) is 23.0 Å². The number of nitrogens with one attached hydrogen (secondary N) is 1. The first-order chi connectivity index (χ1) is 25.7. The zero-order valence-electron chi connectivity index (χ0n) is 31.1. The molecule has 2 N–H and O–H groups in total. The van der Waals surface area contributed by atoms with Gasteiger partial charge in [0.2, 0.25) is 0 Å². The van der Waals surface area contributed by atoms with E-state index in [9.17, 15) is 9.90 Å². The third-order valence-corrected chi connectivity index (χ3v) is 15.8. The molecule has 0 amide bonds. The van der Waals surface area contributed by atoms with Gasteiger partial charge >= 0.3 is 6.16 Å². The van der Waals surface area contributed by atoms with Crippen molar-refractivity contribution in [3.63, 3.8) is 0 Å². The van der Waals surface area contributed by atoms with Gasteiger partial charge in [-0.25, -0.2) is 10.3 Å². The molecule has 280 valence electrons. The molecule has 0 radical (unpaired) electrons. The molecule has 2 bridgehead atoms. The monoisotopic (exact) mass is 719 g/mol. The molecule has 5 fully saturated rings. The molecular weight excluding hydrogens is 666 g/mol. The van der Waals surface area contributed by atoms with Crippen molar-refractivity contribution in [1.29, 1.82) is 0 Å². The van der Waals surface area contributed by atoms with Gasteiger partial charge < -0.3 is 24.1 Å². The van der Waals surface area contributed by atoms with Crippen LogP contribution >= 0.6 is 0 Å². The SMILES string of the molecule is C=C1CC[C@@]2(ONCC3CC3)[C@@H]3CCCC24c2c(ccc(OC(=O)Oc5ccc6c7c5O[C@H]5C(=C)CC[C@@](O)(C(CCCC8CC8)C6)[C@@]75C)c2O[C@@H]14)C3. The second-order valence-corrected chi connectivity index (χ2v) is 18.6. The third kappa shape index (κ3) is 4.43. The summed E-state index contributed by atoms with van der Waals surface area (Å²) in [6.45, 7) is 12.0. The van der Waals surface area contributed by atoms with Gasteiger partial charge in [0.15, 0.2) is 23.0 Å². The lowest BCUT2D eigenvalue weighted by atomic mass is 9.45. The molecule has 11 rings (SSSR count). The van der Waals surface area contributed by atoms with Crippen LogP contribution in [0.4, 0.5) is 4.79 Å². The van der Waals surface area contributed by atoms with Crippen molar-refractivity contribution < 1.29 is 33.7 Å². The summed E-state index contributed by atoms with van der Waals surface area (Å²) in [6.07, 6.45) is 15.2. The second kappa shape index (κ2) is 11.4. The predicted octanol–water partition coefficient (Wildman–Crippen LogP) is 8.49. The molecule has 2 aliphatic heterocycles. The molecule has 8 atom stereocenters. The van der Waals surface area contributed by atoms with Gasteiger partial charge in [-0.1, -0.05) is 57.4 Å². The Hall–Kier alpha value is -3.33. The number of rotatable bonds is 10. The zero-order valence-corrected chi connectivity index (χ0v) is 31.1. The number of aliphatic hydroxyl groups is 1. The lowest BCUT2D eigenvalue weighted by molar-refractivity contribution is -0.226. The van der Waals surface area contributed by atoms with Crippen LogP contribution in [0, 0.1) is 23.7 Å². The first-order valence-corrected chi connectivity index (χ1v) is 20.7. The summed E-state index contributed by atoms with van der Waals surface area (Å²) >= 11 is 0. The number of hydrogen-bond donors (Lipinski definition) is 2. The number of benzene rings is 2. The van der Waals surface area contributed by atoms with Gasteiger partial charge in [-0.3, -0.25) is 4.84 Å². The van der Waals surface area contributed by atoms with Gasteiger partial charge in [-0.2, -0.15) is 0 Å². The highest BCUT2D eigenvalue weighted by Crippen LogP contribution is 2.70. The average Bonchev–Trinajstić information content (AvgIpc) is 4.07. The largest absolute Gasteiger partial charge is 0.519 e. The van der Waals surface area contributed by atoms with Gasteiger partial charge in [0.05, 0.1) is 16.4 Å². The Balaban J connectivity index is 0.902. The van der Waals surface area contributed by atoms with E-state index < -0.39 is 22.8 Å². The van der Waals surface area contributed by atoms with Crippen LogP contribution in [0.25, 0.3) is 0 Å². The van der Waals surface area contributed by atoms with E-state index in [-0.39, 0.29) is 23.5 Å². The maximum atomic E-state index is 13.9. The minimum absolute atomic E-state index is 0.148. The predicted molar refractivity (Wildman–Crippen MR) is 198 cm³/mol. The van der Waals surface area contributed by atoms with E-state index in [0.29, 0.717) is 41.3 Å². The molecule has 5 saturated carbocycles. The van der Waals surface area contributed by atoms with Crippen molar-refractivity contribution in [2.75, 3.05) is 6.54 Å². The summed E-state index contributed by atoms with van der Waals surface area (Å²) in [4.78, 5) is 20.8. The Morgan fingerprint density at radius 1 is 0.849 bits per heavy atom. The van der Waals surface area contributed by atoms with Gasteiger partial charge in [0, 0.05) is 17.7 Å². The van der Waals surface area contributed by atoms with Gasteiger partial charge in [-0.05, 0) is 136 Å². The number of ether oxygens (including phenoxy) is 4. The van der Waals surface area contributed by atoms with Crippen molar-refractivity contribution in [2.24, 2.45) is 23.7 Å². The molecule has 9 aliphatic rings. The van der Waals surface area contributed by atoms with Gasteiger partial charge in [-0.15, -0.1) is 0 Å². The van der Waals surface area contributed by atoms with Crippen molar-refractivity contribution in [3.05, 3.63) is 70.8 Å². The number of carbonyl (C=O) groups is 1. The highest BCUT2D eigenvalue weighted by atomic mass is 16.7. The quantitative estimate of drug-likeness (QED) is 0.109. The van der Waals surface area contributed by atoms with Gasteiger partial charge in [0.1, 0.15) is 17.8 Å². The van der Waals surface area contributed by atoms with Crippen molar-refractivity contribution in [1.82, 2.24) is 5.48 Å². The van der Waals surface area contributed by atoms with Crippen molar-refractivity contribution in [3.8, 4) is 23.0 Å². The Kier molecular flexibility index (Phi) is 7.08. The smallest absolute Gasteiger partial charge is 0.481 e. The van der Waals surface area contributed by atoms with Crippen LogP contribution in [0.3, 0.4) is 0 Å². The highest BCUT2D eigenvalue weighted by molar-refractivity contribution is 5.74. The van der Waals surface area contributed by atoms with Crippen LogP contribution < -0.4 is 24.4 Å². The summed E-state index contributed by atoms with van der Waals surface area (Å²) in [5.41, 5.74) is 7.66. The van der Waals surface area contributed by atoms with E-state index in [0.717, 1.165) is 98.9 Å². The van der Waals surface area contributed by atoms with Crippen LogP contribution in [0.15, 0.2) is 48.6 Å². The minimum atomic E-state index is -0.922. The topological polar surface area (TPSA) is 95.5 Å². The molecule has 0 aromatic heterocycles. The molecule has 53 heavy (non-hydrogen) atoms. The van der Waals surface area contributed by atoms with E-state index in [1.54, 1.807) is 0 Å². The van der Waals surface area contributed by atoms with Crippen molar-refractivity contribution >= 4 is 6.16 Å². The molecule has 8 nitrogen and oxygen atoms in total. The van der Waals surface area contributed by atoms with E-state index in [1.807, 2.05) is 12.1 Å². The Bertz CT molecular complexity index is 1950. The standard InChI is InChI=1S/C45H53NO7/c1-25-17-20-44(48)31(7-4-6-27-9-10-27)22-29-13-15-33(37-35(29)42(44,3)39(25)51-37)49-41(47)50-34-16-14-30-23-32-8-5-19-43-36(30)38(34)52-40(43)26(2)18-21-45(32,43)53-46-24-28-11-12-28/h13-16,27-28,31-32,39-40,46,48H,1-2,4-12,17-24H2,3H3/t31?,32-,39+,40+,42+,43?,44-,45-/m1/s1. The summed E-state index contributed by atoms with van der Waals surface area (Å²) in [5.74, 6) is 3.95. The van der Waals surface area contributed by atoms with Gasteiger partial charge in [0.25, 0.3) is 0 Å². The molecule has 2 aromatic rings. The fraction of sp³-hybridized carbons (Fsp3) is 0.622. The number of carbonyl (C=O) groups excluding carboxylic acids is 1. The van der Waals surface area contributed by atoms with Crippen molar-refractivity contribution in [2.45, 2.75) is 144 Å². The van der Waals surface area contributed by atoms with E-state index in [2.05, 4.69) is 37.7 Å². The Labute approximate surface area is 312 Å². The van der Waals surface area contributed by atoms with Crippen LogP contribution in [0.1, 0.15) is 119 Å².